The molecule has 5 nitrogen and oxygen atoms in total. The van der Waals surface area contributed by atoms with Gasteiger partial charge in [0, 0.05) is 0 Å². The van der Waals surface area contributed by atoms with Gasteiger partial charge in [-0.05, 0) is 30.3 Å². The summed E-state index contributed by atoms with van der Waals surface area (Å²) < 4.78 is 13.1. The third-order valence-electron chi connectivity index (χ3n) is 2.84. The zero-order valence-corrected chi connectivity index (χ0v) is 10.8. The molecule has 2 aromatic carbocycles. The number of H-pyrrole nitrogens is 1. The monoisotopic (exact) mass is 279 g/mol. The normalized spacial score (nSPS) is 11.3. The topological polar surface area (TPSA) is 76.9 Å². The summed E-state index contributed by atoms with van der Waals surface area (Å²) in [4.78, 5) is 7.31. The molecule has 102 valence electrons. The first-order valence-electron chi connectivity index (χ1n) is 6.21. The predicted molar refractivity (Wildman–Crippen MR) is 78.3 cm³/mol. The van der Waals surface area contributed by atoms with E-state index in [9.17, 15) is 9.65 Å². The van der Waals surface area contributed by atoms with Gasteiger partial charge in [-0.2, -0.15) is 10.4 Å². The Hall–Kier alpha value is -3.20. The summed E-state index contributed by atoms with van der Waals surface area (Å²) in [5, 5.41) is 13.1. The van der Waals surface area contributed by atoms with Gasteiger partial charge in [-0.1, -0.05) is 18.2 Å². The van der Waals surface area contributed by atoms with Crippen molar-refractivity contribution in [2.75, 3.05) is 5.43 Å². The molecule has 0 radical (unpaired) electrons. The maximum atomic E-state index is 13.1. The zero-order valence-electron chi connectivity index (χ0n) is 10.8. The van der Waals surface area contributed by atoms with Crippen LogP contribution in [0.5, 0.6) is 0 Å². The van der Waals surface area contributed by atoms with Gasteiger partial charge in [-0.3, -0.25) is 5.43 Å². The predicted octanol–water partition coefficient (Wildman–Crippen LogP) is 3.04. The van der Waals surface area contributed by atoms with Crippen molar-refractivity contribution in [2.45, 2.75) is 0 Å². The van der Waals surface area contributed by atoms with Crippen LogP contribution in [0.3, 0.4) is 0 Å². The number of nitriles is 1. The second-order valence-electron chi connectivity index (χ2n) is 4.30. The van der Waals surface area contributed by atoms with Gasteiger partial charge in [-0.15, -0.1) is 0 Å². The number of hydrogen-bond donors (Lipinski definition) is 2. The lowest BCUT2D eigenvalue weighted by Gasteiger charge is -2.00. The van der Waals surface area contributed by atoms with Crippen LogP contribution in [-0.4, -0.2) is 15.7 Å². The van der Waals surface area contributed by atoms with Crippen LogP contribution < -0.4 is 5.43 Å². The fourth-order valence-electron chi connectivity index (χ4n) is 1.87. The van der Waals surface area contributed by atoms with E-state index in [2.05, 4.69) is 20.5 Å². The standard InChI is InChI=1S/C15H10FN5/c16-10-4-3-5-11(8-10)20-21-14(9-17)15-18-12-6-1-2-7-13(12)19-15/h1-8,20H,(H,18,19)/b21-14+. The Morgan fingerprint density at radius 3 is 2.86 bits per heavy atom. The van der Waals surface area contributed by atoms with Crippen LogP contribution in [0.4, 0.5) is 10.1 Å². The van der Waals surface area contributed by atoms with E-state index in [0.717, 1.165) is 11.0 Å². The summed E-state index contributed by atoms with van der Waals surface area (Å²) in [6.45, 7) is 0. The summed E-state index contributed by atoms with van der Waals surface area (Å²) in [6.07, 6.45) is 0. The Labute approximate surface area is 119 Å². The van der Waals surface area contributed by atoms with Crippen LogP contribution in [0.1, 0.15) is 5.82 Å². The van der Waals surface area contributed by atoms with E-state index in [-0.39, 0.29) is 11.5 Å². The number of imidazole rings is 1. The molecule has 1 aromatic heterocycles. The van der Waals surface area contributed by atoms with E-state index in [1.165, 1.54) is 12.1 Å². The molecule has 21 heavy (non-hydrogen) atoms. The number of hydrazone groups is 1. The second kappa shape index (κ2) is 5.43. The average molecular weight is 279 g/mol. The van der Waals surface area contributed by atoms with Crippen LogP contribution >= 0.6 is 0 Å². The van der Waals surface area contributed by atoms with Crippen LogP contribution in [0.15, 0.2) is 53.6 Å². The first kappa shape index (κ1) is 12.8. The summed E-state index contributed by atoms with van der Waals surface area (Å²) in [5.41, 5.74) is 4.77. The van der Waals surface area contributed by atoms with E-state index in [4.69, 9.17) is 0 Å². The third kappa shape index (κ3) is 2.72. The molecule has 3 rings (SSSR count). The number of halogens is 1. The smallest absolute Gasteiger partial charge is 0.203 e. The molecule has 0 spiro atoms. The highest BCUT2D eigenvalue weighted by Crippen LogP contribution is 2.12. The molecule has 6 heteroatoms. The van der Waals surface area contributed by atoms with E-state index < -0.39 is 0 Å². The van der Waals surface area contributed by atoms with E-state index >= 15 is 0 Å². The second-order valence-corrected chi connectivity index (χ2v) is 4.30. The van der Waals surface area contributed by atoms with Gasteiger partial charge >= 0.3 is 0 Å². The molecule has 3 aromatic rings. The van der Waals surface area contributed by atoms with E-state index in [0.29, 0.717) is 11.5 Å². The molecule has 0 atom stereocenters. The Kier molecular flexibility index (Phi) is 3.31. The number of hydrogen-bond acceptors (Lipinski definition) is 4. The Morgan fingerprint density at radius 2 is 2.10 bits per heavy atom. The number of nitrogens with one attached hydrogen (secondary N) is 2. The first-order chi connectivity index (χ1) is 10.3. The molecule has 2 N–H and O–H groups in total. The molecule has 1 heterocycles. The zero-order chi connectivity index (χ0) is 14.7. The van der Waals surface area contributed by atoms with E-state index in [1.807, 2.05) is 30.3 Å². The fourth-order valence-corrected chi connectivity index (χ4v) is 1.87. The molecule has 0 fully saturated rings. The van der Waals surface area contributed by atoms with Crippen molar-refractivity contribution in [3.05, 3.63) is 60.2 Å². The van der Waals surface area contributed by atoms with Crippen LogP contribution in [0, 0.1) is 17.1 Å². The maximum absolute atomic E-state index is 13.1. The van der Waals surface area contributed by atoms with Crippen molar-refractivity contribution in [1.29, 1.82) is 5.26 Å². The maximum Gasteiger partial charge on any atom is 0.203 e. The van der Waals surface area contributed by atoms with Crippen molar-refractivity contribution in [3.8, 4) is 6.07 Å². The molecule has 0 aliphatic heterocycles. The minimum atomic E-state index is -0.377. The molecular formula is C15H10FN5. The largest absolute Gasteiger partial charge is 0.336 e. The average Bonchev–Trinajstić information content (AvgIpc) is 2.91. The van der Waals surface area contributed by atoms with Crippen molar-refractivity contribution in [2.24, 2.45) is 5.10 Å². The minimum Gasteiger partial charge on any atom is -0.336 e. The molecule has 0 saturated heterocycles. The molecular weight excluding hydrogens is 269 g/mol. The number of aromatic amines is 1. The van der Waals surface area contributed by atoms with Gasteiger partial charge in [0.05, 0.1) is 16.7 Å². The van der Waals surface area contributed by atoms with Gasteiger partial charge in [0.2, 0.25) is 5.71 Å². The molecule has 0 saturated carbocycles. The fraction of sp³-hybridized carbons (Fsp3) is 0. The number of anilines is 1. The quantitative estimate of drug-likeness (QED) is 0.571. The number of fused-ring (bicyclic) bond motifs is 1. The molecule has 0 aliphatic rings. The van der Waals surface area contributed by atoms with Crippen LogP contribution in [0.25, 0.3) is 11.0 Å². The Morgan fingerprint density at radius 1 is 1.24 bits per heavy atom. The van der Waals surface area contributed by atoms with Gasteiger partial charge in [-0.25, -0.2) is 9.37 Å². The summed E-state index contributed by atoms with van der Waals surface area (Å²) >= 11 is 0. The van der Waals surface area contributed by atoms with Gasteiger partial charge in [0.15, 0.2) is 5.82 Å². The molecule has 0 unspecified atom stereocenters. The summed E-state index contributed by atoms with van der Waals surface area (Å²) in [7, 11) is 0. The number of rotatable bonds is 3. The number of para-hydroxylation sites is 2. The molecule has 0 bridgehead atoms. The van der Waals surface area contributed by atoms with Gasteiger partial charge in [0.25, 0.3) is 0 Å². The lowest BCUT2D eigenvalue weighted by atomic mass is 10.3. The Bertz CT molecular complexity index is 827. The SMILES string of the molecule is N#C/C(=N\Nc1cccc(F)c1)c1nc2ccccc2[nH]1. The third-order valence-corrected chi connectivity index (χ3v) is 2.84. The summed E-state index contributed by atoms with van der Waals surface area (Å²) in [6, 6.07) is 15.2. The number of aromatic nitrogens is 2. The van der Waals surface area contributed by atoms with Crippen molar-refractivity contribution >= 4 is 22.4 Å². The number of benzene rings is 2. The van der Waals surface area contributed by atoms with Crippen molar-refractivity contribution in [1.82, 2.24) is 9.97 Å². The number of nitrogens with zero attached hydrogens (tertiary/aromatic N) is 3. The Balaban J connectivity index is 1.91. The van der Waals surface area contributed by atoms with Gasteiger partial charge in [0.1, 0.15) is 11.9 Å². The highest BCUT2D eigenvalue weighted by Gasteiger charge is 2.09. The lowest BCUT2D eigenvalue weighted by Crippen LogP contribution is -2.04. The van der Waals surface area contributed by atoms with Crippen molar-refractivity contribution in [3.63, 3.8) is 0 Å². The lowest BCUT2D eigenvalue weighted by molar-refractivity contribution is 0.628. The minimum absolute atomic E-state index is 0.0930. The van der Waals surface area contributed by atoms with Crippen LogP contribution in [0.2, 0.25) is 0 Å². The highest BCUT2D eigenvalue weighted by molar-refractivity contribution is 6.10. The molecule has 0 aliphatic carbocycles. The summed E-state index contributed by atoms with van der Waals surface area (Å²) in [5.74, 6) is -0.0138. The van der Waals surface area contributed by atoms with Crippen LogP contribution in [-0.2, 0) is 0 Å². The first-order valence-corrected chi connectivity index (χ1v) is 6.21. The molecule has 0 amide bonds. The van der Waals surface area contributed by atoms with E-state index in [1.54, 1.807) is 12.1 Å². The van der Waals surface area contributed by atoms with Crippen molar-refractivity contribution < 1.29 is 4.39 Å². The highest BCUT2D eigenvalue weighted by atomic mass is 19.1. The van der Waals surface area contributed by atoms with Gasteiger partial charge < -0.3 is 4.98 Å².